The van der Waals surface area contributed by atoms with Gasteiger partial charge in [-0.15, -0.1) is 0 Å². The van der Waals surface area contributed by atoms with Crippen molar-refractivity contribution in [2.75, 3.05) is 25.9 Å². The summed E-state index contributed by atoms with van der Waals surface area (Å²) in [5, 5.41) is 6.59. The van der Waals surface area contributed by atoms with Crippen molar-refractivity contribution in [1.82, 2.24) is 10.6 Å². The lowest BCUT2D eigenvalue weighted by atomic mass is 10.2. The lowest BCUT2D eigenvalue weighted by molar-refractivity contribution is -0.120. The van der Waals surface area contributed by atoms with Crippen LogP contribution in [0.4, 0.5) is 0 Å². The van der Waals surface area contributed by atoms with Crippen molar-refractivity contribution < 1.29 is 4.79 Å². The van der Waals surface area contributed by atoms with E-state index in [9.17, 15) is 4.79 Å². The highest BCUT2D eigenvalue weighted by molar-refractivity contribution is 8.00. The first-order chi connectivity index (χ1) is 6.33. The number of thioether (sulfide) groups is 1. The number of carbonyl (C=O) groups excluding carboxylic acids is 1. The van der Waals surface area contributed by atoms with E-state index in [1.54, 1.807) is 0 Å². The first-order valence-corrected chi connectivity index (χ1v) is 5.90. The van der Waals surface area contributed by atoms with Crippen LogP contribution in [0.25, 0.3) is 0 Å². The molecule has 1 atom stereocenters. The molecule has 0 aliphatic carbocycles. The van der Waals surface area contributed by atoms with Gasteiger partial charge in [0.15, 0.2) is 0 Å². The molecular weight excluding hydrogens is 184 g/mol. The molecule has 1 saturated heterocycles. The number of hydrogen-bond donors (Lipinski definition) is 2. The number of amides is 1. The molecule has 1 unspecified atom stereocenters. The van der Waals surface area contributed by atoms with E-state index in [2.05, 4.69) is 10.6 Å². The number of carbonyl (C=O) groups is 1. The molecule has 0 aromatic rings. The minimum Gasteiger partial charge on any atom is -0.355 e. The monoisotopic (exact) mass is 202 g/mol. The van der Waals surface area contributed by atoms with Crippen molar-refractivity contribution in [3.05, 3.63) is 0 Å². The van der Waals surface area contributed by atoms with Gasteiger partial charge in [0.1, 0.15) is 0 Å². The second kappa shape index (κ2) is 6.27. The molecule has 1 aliphatic rings. The average Bonchev–Trinajstić information content (AvgIpc) is 2.64. The van der Waals surface area contributed by atoms with Gasteiger partial charge < -0.3 is 10.6 Å². The largest absolute Gasteiger partial charge is 0.355 e. The Kier molecular flexibility index (Phi) is 5.23. The van der Waals surface area contributed by atoms with E-state index < -0.39 is 0 Å². The summed E-state index contributed by atoms with van der Waals surface area (Å²) in [6, 6.07) is 0. The van der Waals surface area contributed by atoms with E-state index in [1.165, 1.54) is 18.6 Å². The third-order valence-electron chi connectivity index (χ3n) is 2.15. The van der Waals surface area contributed by atoms with Crippen molar-refractivity contribution in [2.45, 2.75) is 24.5 Å². The number of hydrogen-bond acceptors (Lipinski definition) is 3. The maximum Gasteiger partial charge on any atom is 0.221 e. The average molecular weight is 202 g/mol. The Morgan fingerprint density at radius 1 is 1.62 bits per heavy atom. The van der Waals surface area contributed by atoms with Gasteiger partial charge in [0.2, 0.25) is 5.91 Å². The van der Waals surface area contributed by atoms with Crippen molar-refractivity contribution in [3.63, 3.8) is 0 Å². The van der Waals surface area contributed by atoms with Crippen molar-refractivity contribution in [2.24, 2.45) is 0 Å². The molecule has 13 heavy (non-hydrogen) atoms. The zero-order valence-electron chi connectivity index (χ0n) is 8.14. The summed E-state index contributed by atoms with van der Waals surface area (Å²) in [5.74, 6) is 1.43. The molecule has 1 amide bonds. The summed E-state index contributed by atoms with van der Waals surface area (Å²) in [5.41, 5.74) is 0. The van der Waals surface area contributed by atoms with Crippen LogP contribution in [-0.2, 0) is 4.79 Å². The third kappa shape index (κ3) is 4.52. The second-order valence-corrected chi connectivity index (χ2v) is 4.70. The summed E-state index contributed by atoms with van der Waals surface area (Å²) in [6.45, 7) is 1.62. The Morgan fingerprint density at radius 2 is 2.46 bits per heavy atom. The molecule has 0 aromatic heterocycles. The standard InChI is InChI=1S/C9H18N2OS/c1-10-5-4-9(12)11-7-8-3-2-6-13-8/h8,10H,2-7H2,1H3,(H,11,12). The van der Waals surface area contributed by atoms with E-state index >= 15 is 0 Å². The molecule has 1 rings (SSSR count). The van der Waals surface area contributed by atoms with E-state index in [4.69, 9.17) is 0 Å². The van der Waals surface area contributed by atoms with Gasteiger partial charge in [-0.3, -0.25) is 4.79 Å². The van der Waals surface area contributed by atoms with Crippen LogP contribution >= 0.6 is 11.8 Å². The highest BCUT2D eigenvalue weighted by Crippen LogP contribution is 2.25. The van der Waals surface area contributed by atoms with Crippen molar-refractivity contribution in [3.8, 4) is 0 Å². The zero-order chi connectivity index (χ0) is 9.52. The number of nitrogens with one attached hydrogen (secondary N) is 2. The lowest BCUT2D eigenvalue weighted by Gasteiger charge is -2.09. The maximum atomic E-state index is 11.2. The molecule has 1 fully saturated rings. The van der Waals surface area contributed by atoms with Gasteiger partial charge >= 0.3 is 0 Å². The van der Waals surface area contributed by atoms with E-state index in [1.807, 2.05) is 18.8 Å². The molecule has 0 aromatic carbocycles. The molecule has 76 valence electrons. The summed E-state index contributed by atoms with van der Waals surface area (Å²) in [7, 11) is 1.86. The predicted octanol–water partition coefficient (Wildman–Crippen LogP) is 0.608. The highest BCUT2D eigenvalue weighted by Gasteiger charge is 2.15. The minimum absolute atomic E-state index is 0.168. The van der Waals surface area contributed by atoms with Gasteiger partial charge in [0, 0.05) is 24.8 Å². The van der Waals surface area contributed by atoms with Crippen LogP contribution in [0, 0.1) is 0 Å². The molecule has 0 spiro atoms. The van der Waals surface area contributed by atoms with Gasteiger partial charge in [-0.2, -0.15) is 11.8 Å². The van der Waals surface area contributed by atoms with Crippen LogP contribution in [0.2, 0.25) is 0 Å². The summed E-state index contributed by atoms with van der Waals surface area (Å²) >= 11 is 1.98. The van der Waals surface area contributed by atoms with Crippen LogP contribution in [-0.4, -0.2) is 37.0 Å². The van der Waals surface area contributed by atoms with E-state index in [0.717, 1.165) is 13.1 Å². The fraction of sp³-hybridized carbons (Fsp3) is 0.889. The Morgan fingerprint density at radius 3 is 3.08 bits per heavy atom. The molecule has 0 bridgehead atoms. The Hall–Kier alpha value is -0.220. The fourth-order valence-corrected chi connectivity index (χ4v) is 2.56. The fourth-order valence-electron chi connectivity index (χ4n) is 1.36. The van der Waals surface area contributed by atoms with Crippen molar-refractivity contribution in [1.29, 1.82) is 0 Å². The molecule has 2 N–H and O–H groups in total. The van der Waals surface area contributed by atoms with Gasteiger partial charge in [-0.05, 0) is 25.6 Å². The summed E-state index contributed by atoms with van der Waals surface area (Å²) < 4.78 is 0. The normalized spacial score (nSPS) is 21.8. The number of rotatable bonds is 5. The Balaban J connectivity index is 2.00. The van der Waals surface area contributed by atoms with Crippen molar-refractivity contribution >= 4 is 17.7 Å². The van der Waals surface area contributed by atoms with Crippen LogP contribution in [0.3, 0.4) is 0 Å². The van der Waals surface area contributed by atoms with Gasteiger partial charge in [-0.1, -0.05) is 0 Å². The predicted molar refractivity (Wildman–Crippen MR) is 57.0 cm³/mol. The van der Waals surface area contributed by atoms with Gasteiger partial charge in [0.25, 0.3) is 0 Å². The smallest absolute Gasteiger partial charge is 0.221 e. The van der Waals surface area contributed by atoms with Gasteiger partial charge in [0.05, 0.1) is 0 Å². The molecule has 3 nitrogen and oxygen atoms in total. The molecule has 0 saturated carbocycles. The SMILES string of the molecule is CNCCC(=O)NCC1CCCS1. The molecule has 1 aliphatic heterocycles. The lowest BCUT2D eigenvalue weighted by Crippen LogP contribution is -2.31. The zero-order valence-corrected chi connectivity index (χ0v) is 8.95. The summed E-state index contributed by atoms with van der Waals surface area (Å²) in [4.78, 5) is 11.2. The van der Waals surface area contributed by atoms with Crippen LogP contribution in [0.5, 0.6) is 0 Å². The highest BCUT2D eigenvalue weighted by atomic mass is 32.2. The molecule has 0 radical (unpaired) electrons. The minimum atomic E-state index is 0.168. The molecular formula is C9H18N2OS. The van der Waals surface area contributed by atoms with E-state index in [-0.39, 0.29) is 5.91 Å². The first kappa shape index (κ1) is 10.9. The first-order valence-electron chi connectivity index (χ1n) is 4.86. The molecule has 4 heteroatoms. The molecule has 1 heterocycles. The quantitative estimate of drug-likeness (QED) is 0.686. The maximum absolute atomic E-state index is 11.2. The Labute approximate surface area is 84.0 Å². The Bertz CT molecular complexity index is 158. The second-order valence-electron chi connectivity index (χ2n) is 3.29. The van der Waals surface area contributed by atoms with Crippen LogP contribution < -0.4 is 10.6 Å². The van der Waals surface area contributed by atoms with Crippen LogP contribution in [0.1, 0.15) is 19.3 Å². The topological polar surface area (TPSA) is 41.1 Å². The van der Waals surface area contributed by atoms with Gasteiger partial charge in [-0.25, -0.2) is 0 Å². The summed E-state index contributed by atoms with van der Waals surface area (Å²) in [6.07, 6.45) is 3.16. The van der Waals surface area contributed by atoms with Crippen LogP contribution in [0.15, 0.2) is 0 Å². The van der Waals surface area contributed by atoms with E-state index in [0.29, 0.717) is 11.7 Å². The third-order valence-corrected chi connectivity index (χ3v) is 3.55.